The Balaban J connectivity index is 1.52. The zero-order chi connectivity index (χ0) is 21.3. The van der Waals surface area contributed by atoms with Crippen LogP contribution in [0, 0.1) is 6.92 Å². The fourth-order valence-electron chi connectivity index (χ4n) is 4.29. The molecule has 5 heteroatoms. The van der Waals surface area contributed by atoms with Crippen molar-refractivity contribution >= 4 is 16.9 Å². The molecule has 3 aromatic rings. The molecule has 30 heavy (non-hydrogen) atoms. The molecule has 0 aliphatic carbocycles. The standard InChI is InChI=1S/C25H31N3O2/c1-18-10-5-8-13-22(18)30-15-9-14-27-21-12-7-6-11-20(21)26-24(27)19-16-23(29)28(17-19)25(2,3)4/h5-8,10-13,19H,9,14-17H2,1-4H3/t19-/m1/s1. The van der Waals surface area contributed by atoms with Gasteiger partial charge < -0.3 is 14.2 Å². The molecule has 2 aromatic carbocycles. The largest absolute Gasteiger partial charge is 0.493 e. The van der Waals surface area contributed by atoms with E-state index in [-0.39, 0.29) is 17.4 Å². The van der Waals surface area contributed by atoms with Crippen molar-refractivity contribution < 1.29 is 9.53 Å². The molecule has 4 rings (SSSR count). The van der Waals surface area contributed by atoms with Gasteiger partial charge in [0.05, 0.1) is 17.6 Å². The van der Waals surface area contributed by atoms with E-state index in [4.69, 9.17) is 9.72 Å². The molecule has 1 aliphatic heterocycles. The summed E-state index contributed by atoms with van der Waals surface area (Å²) in [6.45, 7) is 10.5. The van der Waals surface area contributed by atoms with E-state index in [1.54, 1.807) is 0 Å². The number of fused-ring (bicyclic) bond motifs is 1. The van der Waals surface area contributed by atoms with Crippen LogP contribution in [0.25, 0.3) is 11.0 Å². The molecule has 1 atom stereocenters. The maximum absolute atomic E-state index is 12.6. The van der Waals surface area contributed by atoms with Crippen LogP contribution in [0.5, 0.6) is 5.75 Å². The van der Waals surface area contributed by atoms with Crippen molar-refractivity contribution in [1.82, 2.24) is 14.5 Å². The van der Waals surface area contributed by atoms with E-state index in [9.17, 15) is 4.79 Å². The first kappa shape index (κ1) is 20.5. The van der Waals surface area contributed by atoms with E-state index in [0.717, 1.165) is 47.7 Å². The molecule has 1 amide bonds. The lowest BCUT2D eigenvalue weighted by molar-refractivity contribution is -0.131. The third-order valence-corrected chi connectivity index (χ3v) is 5.86. The van der Waals surface area contributed by atoms with Gasteiger partial charge in [-0.1, -0.05) is 30.3 Å². The lowest BCUT2D eigenvalue weighted by Gasteiger charge is -2.32. The number of carbonyl (C=O) groups is 1. The number of benzene rings is 2. The Kier molecular flexibility index (Phi) is 5.54. The minimum Gasteiger partial charge on any atom is -0.493 e. The van der Waals surface area contributed by atoms with Crippen molar-refractivity contribution in [1.29, 1.82) is 0 Å². The number of hydrogen-bond acceptors (Lipinski definition) is 3. The van der Waals surface area contributed by atoms with Crippen molar-refractivity contribution in [3.8, 4) is 5.75 Å². The maximum atomic E-state index is 12.6. The molecule has 2 heterocycles. The zero-order valence-electron chi connectivity index (χ0n) is 18.4. The molecule has 1 fully saturated rings. The fourth-order valence-corrected chi connectivity index (χ4v) is 4.29. The number of likely N-dealkylation sites (tertiary alicyclic amines) is 1. The minimum atomic E-state index is -0.163. The first-order chi connectivity index (χ1) is 14.3. The lowest BCUT2D eigenvalue weighted by Crippen LogP contribution is -2.42. The fraction of sp³-hybridized carbons (Fsp3) is 0.440. The normalized spacial score (nSPS) is 17.1. The highest BCUT2D eigenvalue weighted by Crippen LogP contribution is 2.34. The quantitative estimate of drug-likeness (QED) is 0.547. The Labute approximate surface area is 178 Å². The van der Waals surface area contributed by atoms with Crippen LogP contribution in [0.1, 0.15) is 50.9 Å². The molecule has 0 bridgehead atoms. The molecule has 0 N–H and O–H groups in total. The van der Waals surface area contributed by atoms with Crippen LogP contribution < -0.4 is 4.74 Å². The van der Waals surface area contributed by atoms with E-state index in [2.05, 4.69) is 56.5 Å². The summed E-state index contributed by atoms with van der Waals surface area (Å²) >= 11 is 0. The number of rotatable bonds is 6. The summed E-state index contributed by atoms with van der Waals surface area (Å²) in [6, 6.07) is 16.3. The Morgan fingerprint density at radius 1 is 1.10 bits per heavy atom. The number of para-hydroxylation sites is 3. The number of carbonyl (C=O) groups excluding carboxylic acids is 1. The van der Waals surface area contributed by atoms with E-state index in [0.29, 0.717) is 13.0 Å². The highest BCUT2D eigenvalue weighted by molar-refractivity contribution is 5.81. The average molecular weight is 406 g/mol. The molecule has 0 radical (unpaired) electrons. The van der Waals surface area contributed by atoms with Crippen LogP contribution in [0.15, 0.2) is 48.5 Å². The first-order valence-electron chi connectivity index (χ1n) is 10.8. The molecule has 0 saturated carbocycles. The third-order valence-electron chi connectivity index (χ3n) is 5.86. The predicted molar refractivity (Wildman–Crippen MR) is 120 cm³/mol. The summed E-state index contributed by atoms with van der Waals surface area (Å²) in [7, 11) is 0. The van der Waals surface area contributed by atoms with Crippen molar-refractivity contribution in [2.45, 2.75) is 58.5 Å². The summed E-state index contributed by atoms with van der Waals surface area (Å²) in [5.74, 6) is 2.30. The van der Waals surface area contributed by atoms with Gasteiger partial charge >= 0.3 is 0 Å². The van der Waals surface area contributed by atoms with Crippen LogP contribution >= 0.6 is 0 Å². The van der Waals surface area contributed by atoms with Gasteiger partial charge in [-0.2, -0.15) is 0 Å². The van der Waals surface area contributed by atoms with Crippen molar-refractivity contribution in [3.05, 3.63) is 59.9 Å². The van der Waals surface area contributed by atoms with Crippen molar-refractivity contribution in [2.24, 2.45) is 0 Å². The zero-order valence-corrected chi connectivity index (χ0v) is 18.4. The number of imidazole rings is 1. The summed E-state index contributed by atoms with van der Waals surface area (Å²) in [4.78, 5) is 19.6. The van der Waals surface area contributed by atoms with Gasteiger partial charge in [0.2, 0.25) is 5.91 Å². The van der Waals surface area contributed by atoms with Crippen molar-refractivity contribution in [3.63, 3.8) is 0 Å². The topological polar surface area (TPSA) is 47.4 Å². The van der Waals surface area contributed by atoms with Crippen LogP contribution in [0.4, 0.5) is 0 Å². The molecular weight excluding hydrogens is 374 g/mol. The van der Waals surface area contributed by atoms with E-state index in [1.807, 2.05) is 29.2 Å². The van der Waals surface area contributed by atoms with Crippen LogP contribution in [-0.4, -0.2) is 39.0 Å². The third kappa shape index (κ3) is 4.07. The highest BCUT2D eigenvalue weighted by Gasteiger charge is 2.38. The second-order valence-corrected chi connectivity index (χ2v) is 9.15. The molecule has 0 spiro atoms. The molecule has 158 valence electrons. The van der Waals surface area contributed by atoms with Gasteiger partial charge in [0.25, 0.3) is 0 Å². The maximum Gasteiger partial charge on any atom is 0.223 e. The number of aromatic nitrogens is 2. The summed E-state index contributed by atoms with van der Waals surface area (Å²) < 4.78 is 8.29. The number of ether oxygens (including phenoxy) is 1. The Bertz CT molecular complexity index is 1050. The van der Waals surface area contributed by atoms with Crippen LogP contribution in [-0.2, 0) is 11.3 Å². The van der Waals surface area contributed by atoms with Gasteiger partial charge in [-0.3, -0.25) is 4.79 Å². The van der Waals surface area contributed by atoms with Crippen LogP contribution in [0.3, 0.4) is 0 Å². The van der Waals surface area contributed by atoms with Crippen molar-refractivity contribution in [2.75, 3.05) is 13.2 Å². The molecule has 1 aromatic heterocycles. The average Bonchev–Trinajstić information content (AvgIpc) is 3.27. The van der Waals surface area contributed by atoms with E-state index in [1.165, 1.54) is 0 Å². The van der Waals surface area contributed by atoms with Gasteiger partial charge in [-0.05, 0) is 57.9 Å². The molecule has 1 saturated heterocycles. The Hall–Kier alpha value is -2.82. The predicted octanol–water partition coefficient (Wildman–Crippen LogP) is 4.93. The summed E-state index contributed by atoms with van der Waals surface area (Å²) in [5.41, 5.74) is 3.11. The number of aryl methyl sites for hydroxylation is 2. The smallest absolute Gasteiger partial charge is 0.223 e. The lowest BCUT2D eigenvalue weighted by atomic mass is 10.1. The Morgan fingerprint density at radius 2 is 1.83 bits per heavy atom. The SMILES string of the molecule is Cc1ccccc1OCCCn1c([C@@H]2CC(=O)N(C(C)(C)C)C2)nc2ccccc21. The number of nitrogens with zero attached hydrogens (tertiary/aromatic N) is 3. The van der Waals surface area contributed by atoms with E-state index >= 15 is 0 Å². The second kappa shape index (κ2) is 8.13. The summed E-state index contributed by atoms with van der Waals surface area (Å²) in [6.07, 6.45) is 1.41. The van der Waals surface area contributed by atoms with Gasteiger partial charge in [0.1, 0.15) is 11.6 Å². The monoisotopic (exact) mass is 405 g/mol. The molecular formula is C25H31N3O2. The number of amides is 1. The first-order valence-corrected chi connectivity index (χ1v) is 10.8. The minimum absolute atomic E-state index is 0.126. The van der Waals surface area contributed by atoms with Gasteiger partial charge in [0, 0.05) is 31.0 Å². The number of hydrogen-bond donors (Lipinski definition) is 0. The second-order valence-electron chi connectivity index (χ2n) is 9.15. The highest BCUT2D eigenvalue weighted by atomic mass is 16.5. The Morgan fingerprint density at radius 3 is 2.57 bits per heavy atom. The van der Waals surface area contributed by atoms with Crippen LogP contribution in [0.2, 0.25) is 0 Å². The summed E-state index contributed by atoms with van der Waals surface area (Å²) in [5, 5.41) is 0. The molecule has 0 unspecified atom stereocenters. The van der Waals surface area contributed by atoms with Gasteiger partial charge in [0.15, 0.2) is 0 Å². The molecule has 1 aliphatic rings. The molecule has 5 nitrogen and oxygen atoms in total. The van der Waals surface area contributed by atoms with Gasteiger partial charge in [-0.15, -0.1) is 0 Å². The van der Waals surface area contributed by atoms with Gasteiger partial charge in [-0.25, -0.2) is 4.98 Å². The van der Waals surface area contributed by atoms with E-state index < -0.39 is 0 Å².